The third-order valence-corrected chi connectivity index (χ3v) is 2.04. The van der Waals surface area contributed by atoms with Crippen molar-refractivity contribution in [2.24, 2.45) is 17.4 Å². The minimum absolute atomic E-state index is 0.0486. The molecule has 4 N–H and O–H groups in total. The molecule has 1 aliphatic heterocycles. The van der Waals surface area contributed by atoms with Gasteiger partial charge >= 0.3 is 6.16 Å². The summed E-state index contributed by atoms with van der Waals surface area (Å²) < 4.78 is 8.90. The number of hydrogen-bond donors (Lipinski definition) is 2. The molecule has 0 aromatic heterocycles. The van der Waals surface area contributed by atoms with Gasteiger partial charge in [0.05, 0.1) is 0 Å². The van der Waals surface area contributed by atoms with E-state index in [2.05, 4.69) is 16.4 Å². The summed E-state index contributed by atoms with van der Waals surface area (Å²) in [5.74, 6) is 0.651. The van der Waals surface area contributed by atoms with Crippen LogP contribution in [0.1, 0.15) is 26.7 Å². The maximum atomic E-state index is 10.0. The SMILES string of the molecule is CC(CN)CCCN.CC1COC(=O)O1. The van der Waals surface area contributed by atoms with Gasteiger partial charge in [-0.15, -0.1) is 0 Å². The molecule has 0 aliphatic carbocycles. The molecule has 1 heterocycles. The standard InChI is InChI=1S/C6H16N2.C4H6O3/c1-6(5-8)3-2-4-7;1-3-2-6-4(5)7-3/h6H,2-5,7-8H2,1H3;3H,2H2,1H3. The van der Waals surface area contributed by atoms with Crippen LogP contribution >= 0.6 is 0 Å². The second kappa shape index (κ2) is 8.49. The number of hydrogen-bond acceptors (Lipinski definition) is 5. The van der Waals surface area contributed by atoms with Crippen molar-refractivity contribution in [1.82, 2.24) is 0 Å². The molecular weight excluding hydrogens is 196 g/mol. The van der Waals surface area contributed by atoms with E-state index in [4.69, 9.17) is 11.5 Å². The Hall–Kier alpha value is -0.810. The Bertz CT molecular complexity index is 176. The van der Waals surface area contributed by atoms with E-state index in [-0.39, 0.29) is 6.10 Å². The van der Waals surface area contributed by atoms with Crippen LogP contribution in [-0.4, -0.2) is 32.0 Å². The normalized spacial score (nSPS) is 21.1. The van der Waals surface area contributed by atoms with E-state index in [1.54, 1.807) is 6.92 Å². The van der Waals surface area contributed by atoms with Crippen molar-refractivity contribution < 1.29 is 14.3 Å². The molecule has 1 aliphatic rings. The Kier molecular flexibility index (Phi) is 8.04. The van der Waals surface area contributed by atoms with E-state index in [1.165, 1.54) is 6.42 Å². The van der Waals surface area contributed by atoms with Gasteiger partial charge in [0.15, 0.2) is 0 Å². The molecule has 5 heteroatoms. The molecule has 1 saturated heterocycles. The lowest BCUT2D eigenvalue weighted by Gasteiger charge is -2.04. The summed E-state index contributed by atoms with van der Waals surface area (Å²) in [5.41, 5.74) is 10.7. The largest absolute Gasteiger partial charge is 0.508 e. The first-order chi connectivity index (χ1) is 7.10. The number of rotatable bonds is 4. The Balaban J connectivity index is 0.000000262. The zero-order chi connectivity index (χ0) is 11.7. The highest BCUT2D eigenvalue weighted by Gasteiger charge is 2.19. The average Bonchev–Trinajstić information content (AvgIpc) is 2.59. The fourth-order valence-corrected chi connectivity index (χ4v) is 1.00. The minimum Gasteiger partial charge on any atom is -0.430 e. The van der Waals surface area contributed by atoms with Crippen LogP contribution < -0.4 is 11.5 Å². The van der Waals surface area contributed by atoms with Crippen molar-refractivity contribution in [2.75, 3.05) is 19.7 Å². The van der Waals surface area contributed by atoms with Crippen molar-refractivity contribution in [3.63, 3.8) is 0 Å². The van der Waals surface area contributed by atoms with E-state index < -0.39 is 6.16 Å². The van der Waals surface area contributed by atoms with Crippen LogP contribution in [0.4, 0.5) is 4.79 Å². The summed E-state index contributed by atoms with van der Waals surface area (Å²) in [6.07, 6.45) is 1.69. The highest BCUT2D eigenvalue weighted by molar-refractivity contribution is 5.61. The first-order valence-electron chi connectivity index (χ1n) is 5.33. The van der Waals surface area contributed by atoms with Crippen LogP contribution in [0.3, 0.4) is 0 Å². The van der Waals surface area contributed by atoms with Gasteiger partial charge in [-0.2, -0.15) is 0 Å². The topological polar surface area (TPSA) is 87.6 Å². The van der Waals surface area contributed by atoms with Gasteiger partial charge in [0.2, 0.25) is 0 Å². The van der Waals surface area contributed by atoms with E-state index in [0.29, 0.717) is 12.5 Å². The number of carbonyl (C=O) groups excluding carboxylic acids is 1. The maximum absolute atomic E-state index is 10.0. The monoisotopic (exact) mass is 218 g/mol. The number of carbonyl (C=O) groups is 1. The Morgan fingerprint density at radius 2 is 2.20 bits per heavy atom. The van der Waals surface area contributed by atoms with E-state index in [1.807, 2.05) is 0 Å². The summed E-state index contributed by atoms with van der Waals surface area (Å²) >= 11 is 0. The lowest BCUT2D eigenvalue weighted by Crippen LogP contribution is -2.12. The molecule has 0 aromatic rings. The first-order valence-corrected chi connectivity index (χ1v) is 5.33. The van der Waals surface area contributed by atoms with Gasteiger partial charge in [-0.1, -0.05) is 6.92 Å². The third-order valence-electron chi connectivity index (χ3n) is 2.04. The second-order valence-corrected chi connectivity index (χ2v) is 3.76. The lowest BCUT2D eigenvalue weighted by molar-refractivity contribution is 0.121. The van der Waals surface area contributed by atoms with Gasteiger partial charge in [-0.25, -0.2) is 4.79 Å². The Morgan fingerprint density at radius 1 is 1.53 bits per heavy atom. The van der Waals surface area contributed by atoms with Gasteiger partial charge in [0, 0.05) is 0 Å². The predicted octanol–water partition coefficient (Wildman–Crippen LogP) is 0.862. The molecular formula is C10H22N2O3. The zero-order valence-electron chi connectivity index (χ0n) is 9.57. The highest BCUT2D eigenvalue weighted by atomic mass is 16.8. The van der Waals surface area contributed by atoms with Crippen LogP contribution in [0.2, 0.25) is 0 Å². The van der Waals surface area contributed by atoms with Gasteiger partial charge in [0.25, 0.3) is 0 Å². The van der Waals surface area contributed by atoms with Gasteiger partial charge in [0.1, 0.15) is 12.7 Å². The molecule has 0 saturated carbocycles. The predicted molar refractivity (Wildman–Crippen MR) is 58.4 cm³/mol. The average molecular weight is 218 g/mol. The lowest BCUT2D eigenvalue weighted by atomic mass is 10.1. The number of nitrogens with two attached hydrogens (primary N) is 2. The molecule has 1 fully saturated rings. The molecule has 0 amide bonds. The summed E-state index contributed by atoms with van der Waals surface area (Å²) in [5, 5.41) is 0. The van der Waals surface area contributed by atoms with Gasteiger partial charge in [-0.3, -0.25) is 0 Å². The minimum atomic E-state index is -0.549. The third kappa shape index (κ3) is 8.20. The number of cyclic esters (lactones) is 2. The summed E-state index contributed by atoms with van der Waals surface area (Å²) in [6.45, 7) is 5.92. The van der Waals surface area contributed by atoms with Crippen LogP contribution in [-0.2, 0) is 9.47 Å². The molecule has 1 rings (SSSR count). The van der Waals surface area contributed by atoms with E-state index >= 15 is 0 Å². The molecule has 0 spiro atoms. The van der Waals surface area contributed by atoms with Crippen molar-refractivity contribution in [2.45, 2.75) is 32.8 Å². The molecule has 15 heavy (non-hydrogen) atoms. The smallest absolute Gasteiger partial charge is 0.430 e. The van der Waals surface area contributed by atoms with Crippen LogP contribution in [0, 0.1) is 5.92 Å². The molecule has 5 nitrogen and oxygen atoms in total. The maximum Gasteiger partial charge on any atom is 0.508 e. The molecule has 0 radical (unpaired) electrons. The van der Waals surface area contributed by atoms with Crippen molar-refractivity contribution in [3.8, 4) is 0 Å². The van der Waals surface area contributed by atoms with Gasteiger partial charge in [-0.05, 0) is 38.8 Å². The van der Waals surface area contributed by atoms with Crippen molar-refractivity contribution in [3.05, 3.63) is 0 Å². The quantitative estimate of drug-likeness (QED) is 0.683. The van der Waals surface area contributed by atoms with Crippen LogP contribution in [0.25, 0.3) is 0 Å². The molecule has 0 bridgehead atoms. The zero-order valence-corrected chi connectivity index (χ0v) is 9.57. The summed E-state index contributed by atoms with van der Waals surface area (Å²) in [7, 11) is 0. The molecule has 90 valence electrons. The van der Waals surface area contributed by atoms with E-state index in [9.17, 15) is 4.79 Å². The second-order valence-electron chi connectivity index (χ2n) is 3.76. The highest BCUT2D eigenvalue weighted by Crippen LogP contribution is 2.03. The molecule has 2 atom stereocenters. The van der Waals surface area contributed by atoms with Gasteiger partial charge < -0.3 is 20.9 Å². The fraction of sp³-hybridized carbons (Fsp3) is 0.900. The van der Waals surface area contributed by atoms with Crippen LogP contribution in [0.5, 0.6) is 0 Å². The van der Waals surface area contributed by atoms with E-state index in [0.717, 1.165) is 19.5 Å². The Labute approximate surface area is 91.1 Å². The number of ether oxygens (including phenoxy) is 2. The fourth-order valence-electron chi connectivity index (χ4n) is 1.00. The molecule has 0 aromatic carbocycles. The summed E-state index contributed by atoms with van der Waals surface area (Å²) in [6, 6.07) is 0. The van der Waals surface area contributed by atoms with Crippen molar-refractivity contribution in [1.29, 1.82) is 0 Å². The summed E-state index contributed by atoms with van der Waals surface area (Å²) in [4.78, 5) is 10.0. The van der Waals surface area contributed by atoms with Crippen molar-refractivity contribution >= 4 is 6.16 Å². The first kappa shape index (κ1) is 14.2. The van der Waals surface area contributed by atoms with Crippen LogP contribution in [0.15, 0.2) is 0 Å². The molecule has 2 unspecified atom stereocenters. The Morgan fingerprint density at radius 3 is 2.47 bits per heavy atom.